The summed E-state index contributed by atoms with van der Waals surface area (Å²) in [6.07, 6.45) is -1.31. The predicted molar refractivity (Wildman–Crippen MR) is 117 cm³/mol. The maximum absolute atomic E-state index is 13.6. The summed E-state index contributed by atoms with van der Waals surface area (Å²) in [5, 5.41) is 2.38. The summed E-state index contributed by atoms with van der Waals surface area (Å²) in [5.41, 5.74) is 1.41. The highest BCUT2D eigenvalue weighted by atomic mass is 35.5. The molecule has 2 aromatic rings. The lowest BCUT2D eigenvalue weighted by Gasteiger charge is -2.27. The summed E-state index contributed by atoms with van der Waals surface area (Å²) in [6, 6.07) is 14.5. The first-order valence-electron chi connectivity index (χ1n) is 10.3. The zero-order valence-corrected chi connectivity index (χ0v) is 17.7. The fraction of sp³-hybridized carbons (Fsp3) is 0.333. The molecule has 3 rings (SSSR count). The number of likely N-dealkylation sites (N-methyl/N-ethyl adjacent to an activating group) is 1. The molecule has 0 aromatic heterocycles. The number of nitrogens with zero attached hydrogens (tertiary/aromatic N) is 1. The van der Waals surface area contributed by atoms with Crippen LogP contribution in [-0.2, 0) is 14.3 Å². The Bertz CT molecular complexity index is 943. The van der Waals surface area contributed by atoms with Gasteiger partial charge in [0.2, 0.25) is 0 Å². The number of nitrogens with one attached hydrogen (secondary N) is 1. The standard InChI is InChI=1S/C21H24N2O4S.ClH/c1-14(24)27-19-20(15-8-10-16(26-3)11-9-15)28-18-7-5-4-6-17(18)23(21(19)25)13-12-22-2;/h4-11,19-20,22H,12-13H2,1-3H3;1H/t19-,20+;/m0./s1/i1D3;. The molecule has 2 aromatic carbocycles. The molecule has 1 aliphatic heterocycles. The Morgan fingerprint density at radius 1 is 1.24 bits per heavy atom. The van der Waals surface area contributed by atoms with Crippen LogP contribution >= 0.6 is 24.2 Å². The van der Waals surface area contributed by atoms with E-state index >= 15 is 0 Å². The molecule has 156 valence electrons. The van der Waals surface area contributed by atoms with Gasteiger partial charge >= 0.3 is 5.97 Å². The van der Waals surface area contributed by atoms with Crippen molar-refractivity contribution in [3.63, 3.8) is 0 Å². The summed E-state index contributed by atoms with van der Waals surface area (Å²) in [6.45, 7) is -2.12. The smallest absolute Gasteiger partial charge is 0.303 e. The van der Waals surface area contributed by atoms with Gasteiger partial charge in [-0.1, -0.05) is 24.3 Å². The molecule has 0 aliphatic carbocycles. The summed E-state index contributed by atoms with van der Waals surface area (Å²) in [5.74, 6) is -1.23. The number of esters is 1. The third kappa shape index (κ3) is 5.23. The number of carbonyl (C=O) groups excluding carboxylic acids is 2. The lowest BCUT2D eigenvalue weighted by Crippen LogP contribution is -2.45. The van der Waals surface area contributed by atoms with E-state index in [4.69, 9.17) is 13.6 Å². The van der Waals surface area contributed by atoms with Crippen molar-refractivity contribution >= 4 is 41.7 Å². The number of methoxy groups -OCH3 is 1. The van der Waals surface area contributed by atoms with Crippen molar-refractivity contribution in [2.45, 2.75) is 23.1 Å². The zero-order chi connectivity index (χ0) is 22.6. The highest BCUT2D eigenvalue weighted by Crippen LogP contribution is 2.46. The van der Waals surface area contributed by atoms with Gasteiger partial charge < -0.3 is 19.7 Å². The molecule has 0 saturated carbocycles. The zero-order valence-electron chi connectivity index (χ0n) is 19.1. The van der Waals surface area contributed by atoms with Crippen LogP contribution in [0.25, 0.3) is 0 Å². The van der Waals surface area contributed by atoms with Gasteiger partial charge in [0.25, 0.3) is 5.91 Å². The lowest BCUT2D eigenvalue weighted by molar-refractivity contribution is -0.152. The van der Waals surface area contributed by atoms with E-state index in [1.54, 1.807) is 43.3 Å². The van der Waals surface area contributed by atoms with Crippen molar-refractivity contribution in [2.24, 2.45) is 0 Å². The van der Waals surface area contributed by atoms with Gasteiger partial charge in [-0.05, 0) is 36.9 Å². The minimum Gasteiger partial charge on any atom is -0.497 e. The molecule has 6 nitrogen and oxygen atoms in total. The average molecular weight is 440 g/mol. The van der Waals surface area contributed by atoms with Crippen molar-refractivity contribution in [3.8, 4) is 5.75 Å². The van der Waals surface area contributed by atoms with Crippen LogP contribution in [0.15, 0.2) is 53.4 Å². The number of ether oxygens (including phenoxy) is 2. The Balaban J connectivity index is 0.00000363. The predicted octanol–water partition coefficient (Wildman–Crippen LogP) is 3.45. The largest absolute Gasteiger partial charge is 0.497 e. The van der Waals surface area contributed by atoms with E-state index in [9.17, 15) is 9.59 Å². The molecular formula is C21H25ClN2O4S. The summed E-state index contributed by atoms with van der Waals surface area (Å²) >= 11 is 1.36. The van der Waals surface area contributed by atoms with Gasteiger partial charge in [0.1, 0.15) is 5.75 Å². The maximum Gasteiger partial charge on any atom is 0.303 e. The van der Waals surface area contributed by atoms with Gasteiger partial charge in [0, 0.05) is 28.9 Å². The highest BCUT2D eigenvalue weighted by Gasteiger charge is 2.40. The molecule has 0 spiro atoms. The van der Waals surface area contributed by atoms with Gasteiger partial charge in [-0.3, -0.25) is 9.59 Å². The fourth-order valence-corrected chi connectivity index (χ4v) is 4.42. The molecule has 8 heteroatoms. The molecule has 0 bridgehead atoms. The van der Waals surface area contributed by atoms with E-state index in [1.807, 2.05) is 24.3 Å². The topological polar surface area (TPSA) is 67.9 Å². The molecule has 0 unspecified atom stereocenters. The van der Waals surface area contributed by atoms with Crippen molar-refractivity contribution in [3.05, 3.63) is 54.1 Å². The summed E-state index contributed by atoms with van der Waals surface area (Å²) < 4.78 is 32.7. The first-order chi connectivity index (χ1) is 14.8. The number of hydrogen-bond acceptors (Lipinski definition) is 6. The molecule has 29 heavy (non-hydrogen) atoms. The van der Waals surface area contributed by atoms with Crippen LogP contribution in [0.3, 0.4) is 0 Å². The number of para-hydroxylation sites is 1. The van der Waals surface area contributed by atoms with E-state index in [2.05, 4.69) is 5.32 Å². The average Bonchev–Trinajstić information content (AvgIpc) is 2.86. The van der Waals surface area contributed by atoms with Crippen LogP contribution in [0.5, 0.6) is 5.75 Å². The van der Waals surface area contributed by atoms with E-state index in [0.717, 1.165) is 4.90 Å². The minimum absolute atomic E-state index is 0. The second-order valence-electron chi connectivity index (χ2n) is 6.20. The van der Waals surface area contributed by atoms with Crippen LogP contribution in [0, 0.1) is 0 Å². The van der Waals surface area contributed by atoms with Gasteiger partial charge in [-0.15, -0.1) is 24.2 Å². The second-order valence-corrected chi connectivity index (χ2v) is 7.38. The van der Waals surface area contributed by atoms with Gasteiger partial charge in [0.05, 0.1) is 18.0 Å². The molecule has 1 amide bonds. The number of fused-ring (bicyclic) bond motifs is 1. The number of thioether (sulfide) groups is 1. The highest BCUT2D eigenvalue weighted by molar-refractivity contribution is 7.99. The number of amides is 1. The van der Waals surface area contributed by atoms with E-state index in [0.29, 0.717) is 30.1 Å². The summed E-state index contributed by atoms with van der Waals surface area (Å²) in [7, 11) is 3.32. The van der Waals surface area contributed by atoms with Crippen LogP contribution in [-0.4, -0.2) is 45.2 Å². The van der Waals surface area contributed by atoms with Crippen LogP contribution in [0.2, 0.25) is 0 Å². The Hall–Kier alpha value is -2.22. The maximum atomic E-state index is 13.6. The van der Waals surface area contributed by atoms with Crippen LogP contribution in [0.1, 0.15) is 21.8 Å². The normalized spacial score (nSPS) is 20.3. The lowest BCUT2D eigenvalue weighted by atomic mass is 10.1. The van der Waals surface area contributed by atoms with Crippen molar-refractivity contribution in [1.29, 1.82) is 0 Å². The third-order valence-electron chi connectivity index (χ3n) is 4.46. The van der Waals surface area contributed by atoms with Gasteiger partial charge in [-0.2, -0.15) is 0 Å². The molecule has 0 saturated heterocycles. The molecule has 1 heterocycles. The number of benzene rings is 2. The number of carbonyl (C=O) groups is 2. The first kappa shape index (κ1) is 18.8. The number of rotatable bonds is 6. The van der Waals surface area contributed by atoms with Crippen LogP contribution in [0.4, 0.5) is 5.69 Å². The van der Waals surface area contributed by atoms with Gasteiger partial charge in [0.15, 0.2) is 6.10 Å². The monoisotopic (exact) mass is 439 g/mol. The molecule has 0 fully saturated rings. The molecule has 1 N–H and O–H groups in total. The Labute approximate surface area is 185 Å². The third-order valence-corrected chi connectivity index (χ3v) is 5.83. The van der Waals surface area contributed by atoms with E-state index in [-0.39, 0.29) is 12.4 Å². The Morgan fingerprint density at radius 3 is 2.62 bits per heavy atom. The van der Waals surface area contributed by atoms with E-state index in [1.165, 1.54) is 11.8 Å². The Morgan fingerprint density at radius 2 is 1.97 bits per heavy atom. The van der Waals surface area contributed by atoms with Crippen molar-refractivity contribution in [2.75, 3.05) is 32.1 Å². The summed E-state index contributed by atoms with van der Waals surface area (Å²) in [4.78, 5) is 28.2. The number of halogens is 1. The molecule has 1 aliphatic rings. The van der Waals surface area contributed by atoms with Crippen molar-refractivity contribution in [1.82, 2.24) is 5.32 Å². The molecule has 0 radical (unpaired) electrons. The van der Waals surface area contributed by atoms with Gasteiger partial charge in [-0.25, -0.2) is 0 Å². The van der Waals surface area contributed by atoms with E-state index < -0.39 is 30.1 Å². The second kappa shape index (κ2) is 10.5. The fourth-order valence-electron chi connectivity index (χ4n) is 3.10. The minimum atomic E-state index is -2.97. The molecule has 2 atom stereocenters. The quantitative estimate of drug-likeness (QED) is 0.695. The number of hydrogen-bond donors (Lipinski definition) is 1. The van der Waals surface area contributed by atoms with Crippen LogP contribution < -0.4 is 15.0 Å². The van der Waals surface area contributed by atoms with Crippen molar-refractivity contribution < 1.29 is 23.2 Å². The molecular weight excluding hydrogens is 412 g/mol. The SMILES string of the molecule is Cl.[2H]C([2H])([2H])C(=O)O[C@@H]1C(=O)N(CCNC)c2ccccc2S[C@@H]1c1ccc(OC)cc1. The first-order valence-corrected chi connectivity index (χ1v) is 9.71. The number of anilines is 1. The Kier molecular flexibility index (Phi) is 6.82.